The first-order valence-electron chi connectivity index (χ1n) is 8.40. The van der Waals surface area contributed by atoms with Gasteiger partial charge in [0.15, 0.2) is 11.9 Å². The minimum Gasteiger partial charge on any atom is -0.453 e. The number of aryl methyl sites for hydroxylation is 2. The maximum atomic E-state index is 12.3. The van der Waals surface area contributed by atoms with Crippen molar-refractivity contribution in [3.05, 3.63) is 51.9 Å². The second-order valence-electron chi connectivity index (χ2n) is 6.14. The first kappa shape index (κ1) is 20.3. The van der Waals surface area contributed by atoms with E-state index in [0.29, 0.717) is 16.1 Å². The minimum absolute atomic E-state index is 0.0149. The van der Waals surface area contributed by atoms with Crippen LogP contribution in [-0.2, 0) is 14.3 Å². The summed E-state index contributed by atoms with van der Waals surface area (Å²) in [7, 11) is 0. The summed E-state index contributed by atoms with van der Waals surface area (Å²) < 4.78 is 5.09. The number of nitrogens with zero attached hydrogens (tertiary/aromatic N) is 1. The fourth-order valence-corrected chi connectivity index (χ4v) is 3.14. The standard InChI is InChI=1S/C20H20N2O4S/c1-12-4-5-13(2)16(10-12)17(23)6-7-18(24)26-14(3)19(25)22-20-15(11-21)8-9-27-20/h4-5,8-10,14H,6-7H2,1-3H3,(H,22,25)/t14-/m1/s1. The number of Topliss-reactive ketones (excluding diaryl/α,β-unsaturated/α-hetero) is 1. The van der Waals surface area contributed by atoms with E-state index < -0.39 is 18.0 Å². The summed E-state index contributed by atoms with van der Waals surface area (Å²) in [5.41, 5.74) is 2.78. The van der Waals surface area contributed by atoms with Crippen molar-refractivity contribution in [2.45, 2.75) is 39.7 Å². The largest absolute Gasteiger partial charge is 0.453 e. The summed E-state index contributed by atoms with van der Waals surface area (Å²) in [6.45, 7) is 5.19. The van der Waals surface area contributed by atoms with Gasteiger partial charge >= 0.3 is 5.97 Å². The topological polar surface area (TPSA) is 96.3 Å². The molecule has 27 heavy (non-hydrogen) atoms. The Balaban J connectivity index is 1.86. The molecule has 1 aromatic carbocycles. The molecule has 0 aliphatic rings. The van der Waals surface area contributed by atoms with E-state index in [9.17, 15) is 14.4 Å². The molecule has 1 N–H and O–H groups in total. The highest BCUT2D eigenvalue weighted by atomic mass is 32.1. The van der Waals surface area contributed by atoms with Gasteiger partial charge in [-0.2, -0.15) is 5.26 Å². The molecule has 1 aromatic heterocycles. The van der Waals surface area contributed by atoms with E-state index in [0.717, 1.165) is 11.1 Å². The number of benzene rings is 1. The van der Waals surface area contributed by atoms with Crippen molar-refractivity contribution in [2.24, 2.45) is 0 Å². The Hall–Kier alpha value is -2.98. The number of hydrogen-bond acceptors (Lipinski definition) is 6. The molecule has 1 heterocycles. The van der Waals surface area contributed by atoms with E-state index in [1.807, 2.05) is 32.0 Å². The Morgan fingerprint density at radius 2 is 1.96 bits per heavy atom. The van der Waals surface area contributed by atoms with Gasteiger partial charge in [-0.15, -0.1) is 11.3 Å². The van der Waals surface area contributed by atoms with Crippen LogP contribution >= 0.6 is 11.3 Å². The lowest BCUT2D eigenvalue weighted by atomic mass is 9.99. The highest BCUT2D eigenvalue weighted by molar-refractivity contribution is 7.14. The fourth-order valence-electron chi connectivity index (χ4n) is 2.40. The first-order valence-corrected chi connectivity index (χ1v) is 9.28. The van der Waals surface area contributed by atoms with Crippen LogP contribution in [0.15, 0.2) is 29.6 Å². The number of ketones is 1. The number of carbonyl (C=O) groups is 3. The molecule has 2 aromatic rings. The maximum absolute atomic E-state index is 12.3. The lowest BCUT2D eigenvalue weighted by Gasteiger charge is -2.13. The van der Waals surface area contributed by atoms with Gasteiger partial charge in [0.25, 0.3) is 5.91 Å². The average molecular weight is 384 g/mol. The third-order valence-corrected chi connectivity index (χ3v) is 4.78. The Kier molecular flexibility index (Phi) is 6.85. The van der Waals surface area contributed by atoms with Crippen LogP contribution in [0.25, 0.3) is 0 Å². The summed E-state index contributed by atoms with van der Waals surface area (Å²) in [5, 5.41) is 13.6. The van der Waals surface area contributed by atoms with Crippen molar-refractivity contribution in [1.82, 2.24) is 0 Å². The molecule has 0 bridgehead atoms. The number of hydrogen-bond donors (Lipinski definition) is 1. The molecular formula is C20H20N2O4S. The molecule has 0 spiro atoms. The summed E-state index contributed by atoms with van der Waals surface area (Å²) in [6, 6.07) is 9.15. The molecular weight excluding hydrogens is 364 g/mol. The first-order chi connectivity index (χ1) is 12.8. The Labute approximate surface area is 161 Å². The van der Waals surface area contributed by atoms with E-state index in [4.69, 9.17) is 10.00 Å². The molecule has 2 rings (SSSR count). The molecule has 0 radical (unpaired) electrons. The lowest BCUT2D eigenvalue weighted by Crippen LogP contribution is -2.30. The molecule has 0 aliphatic heterocycles. The van der Waals surface area contributed by atoms with Crippen LogP contribution in [-0.4, -0.2) is 23.8 Å². The van der Waals surface area contributed by atoms with E-state index >= 15 is 0 Å². The van der Waals surface area contributed by atoms with Gasteiger partial charge < -0.3 is 10.1 Å². The van der Waals surface area contributed by atoms with Gasteiger partial charge in [-0.25, -0.2) is 0 Å². The molecule has 1 amide bonds. The van der Waals surface area contributed by atoms with Crippen molar-refractivity contribution in [3.8, 4) is 6.07 Å². The minimum atomic E-state index is -1.03. The number of esters is 1. The Morgan fingerprint density at radius 1 is 1.22 bits per heavy atom. The molecule has 1 atom stereocenters. The zero-order valence-electron chi connectivity index (χ0n) is 15.4. The molecule has 140 valence electrons. The molecule has 7 heteroatoms. The molecule has 0 unspecified atom stereocenters. The van der Waals surface area contributed by atoms with Crippen molar-refractivity contribution in [1.29, 1.82) is 5.26 Å². The number of ether oxygens (including phenoxy) is 1. The van der Waals surface area contributed by atoms with Gasteiger partial charge in [0.1, 0.15) is 11.1 Å². The number of thiophene rings is 1. The van der Waals surface area contributed by atoms with Gasteiger partial charge in [0, 0.05) is 12.0 Å². The van der Waals surface area contributed by atoms with Crippen LogP contribution < -0.4 is 5.32 Å². The van der Waals surface area contributed by atoms with Gasteiger partial charge in [-0.05, 0) is 43.8 Å². The van der Waals surface area contributed by atoms with E-state index in [1.54, 1.807) is 17.5 Å². The van der Waals surface area contributed by atoms with E-state index in [2.05, 4.69) is 5.32 Å². The van der Waals surface area contributed by atoms with E-state index in [-0.39, 0.29) is 18.6 Å². The van der Waals surface area contributed by atoms with Crippen LogP contribution in [0.1, 0.15) is 46.8 Å². The summed E-state index contributed by atoms with van der Waals surface area (Å²) in [5.74, 6) is -1.28. The molecule has 0 aliphatic carbocycles. The third-order valence-electron chi connectivity index (χ3n) is 3.95. The van der Waals surface area contributed by atoms with Crippen LogP contribution in [0.3, 0.4) is 0 Å². The third kappa shape index (κ3) is 5.50. The van der Waals surface area contributed by atoms with Crippen molar-refractivity contribution < 1.29 is 19.1 Å². The Bertz CT molecular complexity index is 911. The predicted octanol–water partition coefficient (Wildman–Crippen LogP) is 3.77. The summed E-state index contributed by atoms with van der Waals surface area (Å²) >= 11 is 1.21. The Morgan fingerprint density at radius 3 is 2.67 bits per heavy atom. The van der Waals surface area contributed by atoms with Crippen LogP contribution in [0, 0.1) is 25.2 Å². The SMILES string of the molecule is Cc1ccc(C)c(C(=O)CCC(=O)O[C@H](C)C(=O)Nc2sccc2C#N)c1. The quantitative estimate of drug-likeness (QED) is 0.579. The fraction of sp³-hybridized carbons (Fsp3) is 0.300. The van der Waals surface area contributed by atoms with Gasteiger partial charge in [0.2, 0.25) is 0 Å². The zero-order valence-corrected chi connectivity index (χ0v) is 16.2. The van der Waals surface area contributed by atoms with Crippen molar-refractivity contribution in [3.63, 3.8) is 0 Å². The molecule has 0 saturated heterocycles. The predicted molar refractivity (Wildman–Crippen MR) is 103 cm³/mol. The van der Waals surface area contributed by atoms with Gasteiger partial charge in [0.05, 0.1) is 12.0 Å². The lowest BCUT2D eigenvalue weighted by molar-refractivity contribution is -0.153. The second-order valence-corrected chi connectivity index (χ2v) is 7.05. The zero-order chi connectivity index (χ0) is 20.0. The number of rotatable bonds is 7. The van der Waals surface area contributed by atoms with Crippen LogP contribution in [0.2, 0.25) is 0 Å². The average Bonchev–Trinajstić information content (AvgIpc) is 3.08. The summed E-state index contributed by atoms with van der Waals surface area (Å²) in [4.78, 5) is 36.4. The normalized spacial score (nSPS) is 11.3. The highest BCUT2D eigenvalue weighted by Gasteiger charge is 2.20. The van der Waals surface area contributed by atoms with Crippen molar-refractivity contribution in [2.75, 3.05) is 5.32 Å². The number of nitriles is 1. The summed E-state index contributed by atoms with van der Waals surface area (Å²) in [6.07, 6.45) is -1.12. The van der Waals surface area contributed by atoms with E-state index in [1.165, 1.54) is 18.3 Å². The number of carbonyl (C=O) groups excluding carboxylic acids is 3. The van der Waals surface area contributed by atoms with Gasteiger partial charge in [-0.1, -0.05) is 17.7 Å². The number of nitrogens with one attached hydrogen (secondary N) is 1. The highest BCUT2D eigenvalue weighted by Crippen LogP contribution is 2.22. The second kappa shape index (κ2) is 9.10. The van der Waals surface area contributed by atoms with Crippen LogP contribution in [0.5, 0.6) is 0 Å². The van der Waals surface area contributed by atoms with Crippen molar-refractivity contribution >= 4 is 34.0 Å². The number of anilines is 1. The van der Waals surface area contributed by atoms with Crippen LogP contribution in [0.4, 0.5) is 5.00 Å². The maximum Gasteiger partial charge on any atom is 0.307 e. The molecule has 0 saturated carbocycles. The smallest absolute Gasteiger partial charge is 0.307 e. The monoisotopic (exact) mass is 384 g/mol. The van der Waals surface area contributed by atoms with Gasteiger partial charge in [-0.3, -0.25) is 14.4 Å². The number of amides is 1. The molecule has 6 nitrogen and oxygen atoms in total. The molecule has 0 fully saturated rings.